The van der Waals surface area contributed by atoms with E-state index >= 15 is 0 Å². The van der Waals surface area contributed by atoms with Crippen molar-refractivity contribution in [2.75, 3.05) is 5.32 Å². The van der Waals surface area contributed by atoms with Crippen molar-refractivity contribution in [3.8, 4) is 6.07 Å². The average molecular weight is 216 g/mol. The maximum atomic E-state index is 11.6. The van der Waals surface area contributed by atoms with E-state index < -0.39 is 23.7 Å². The van der Waals surface area contributed by atoms with Crippen LogP contribution < -0.4 is 5.32 Å². The number of nitrogens with zero attached hydrogens (tertiary/aromatic N) is 1. The van der Waals surface area contributed by atoms with Gasteiger partial charge in [-0.1, -0.05) is 18.2 Å². The fraction of sp³-hybridized carbons (Fsp3) is 0.182. The molecule has 2 atom stereocenters. The largest absolute Gasteiger partial charge is 0.480 e. The van der Waals surface area contributed by atoms with Crippen molar-refractivity contribution in [1.82, 2.24) is 0 Å². The van der Waals surface area contributed by atoms with Crippen molar-refractivity contribution < 1.29 is 14.7 Å². The summed E-state index contributed by atoms with van der Waals surface area (Å²) in [4.78, 5) is 22.5. The lowest BCUT2D eigenvalue weighted by molar-refractivity contribution is -0.142. The second-order valence-corrected chi connectivity index (χ2v) is 3.50. The zero-order valence-electron chi connectivity index (χ0n) is 8.18. The topological polar surface area (TPSA) is 90.2 Å². The van der Waals surface area contributed by atoms with Gasteiger partial charge in [0.15, 0.2) is 5.92 Å². The average Bonchev–Trinajstić information content (AvgIpc) is 2.57. The first-order chi connectivity index (χ1) is 7.65. The van der Waals surface area contributed by atoms with E-state index in [0.717, 1.165) is 0 Å². The Morgan fingerprint density at radius 2 is 2.19 bits per heavy atom. The summed E-state index contributed by atoms with van der Waals surface area (Å²) in [6.07, 6.45) is 0. The van der Waals surface area contributed by atoms with E-state index in [4.69, 9.17) is 10.4 Å². The third-order valence-electron chi connectivity index (χ3n) is 2.57. The molecule has 1 aliphatic rings. The summed E-state index contributed by atoms with van der Waals surface area (Å²) in [5, 5.41) is 20.2. The molecule has 5 heteroatoms. The van der Waals surface area contributed by atoms with Gasteiger partial charge in [0.05, 0.1) is 12.0 Å². The number of carbonyl (C=O) groups excluding carboxylic acids is 1. The SMILES string of the molecule is N#C[C@H](C(=O)O)[C@H]1C(=O)Nc2ccccc21. The minimum absolute atomic E-state index is 0.435. The van der Waals surface area contributed by atoms with Crippen LogP contribution in [-0.4, -0.2) is 17.0 Å². The predicted octanol–water partition coefficient (Wildman–Crippen LogP) is 0.947. The van der Waals surface area contributed by atoms with E-state index in [9.17, 15) is 9.59 Å². The van der Waals surface area contributed by atoms with Gasteiger partial charge in [-0.2, -0.15) is 5.26 Å². The quantitative estimate of drug-likeness (QED) is 0.769. The minimum atomic E-state index is -1.34. The summed E-state index contributed by atoms with van der Waals surface area (Å²) in [5.41, 5.74) is 1.15. The maximum absolute atomic E-state index is 11.6. The first-order valence-electron chi connectivity index (χ1n) is 4.67. The second-order valence-electron chi connectivity index (χ2n) is 3.50. The van der Waals surface area contributed by atoms with Gasteiger partial charge in [-0.3, -0.25) is 9.59 Å². The van der Waals surface area contributed by atoms with Gasteiger partial charge < -0.3 is 10.4 Å². The molecule has 0 aromatic heterocycles. The zero-order valence-corrected chi connectivity index (χ0v) is 8.18. The Labute approximate surface area is 91.3 Å². The minimum Gasteiger partial charge on any atom is -0.480 e. The third kappa shape index (κ3) is 1.41. The molecule has 1 aromatic rings. The number of nitriles is 1. The van der Waals surface area contributed by atoms with Crippen LogP contribution in [0.1, 0.15) is 11.5 Å². The molecule has 0 spiro atoms. The molecule has 16 heavy (non-hydrogen) atoms. The monoisotopic (exact) mass is 216 g/mol. The number of amides is 1. The van der Waals surface area contributed by atoms with Crippen molar-refractivity contribution in [2.24, 2.45) is 5.92 Å². The van der Waals surface area contributed by atoms with Crippen LogP contribution in [0.2, 0.25) is 0 Å². The van der Waals surface area contributed by atoms with Gasteiger partial charge in [0.1, 0.15) is 0 Å². The Bertz CT molecular complexity index is 504. The molecule has 2 rings (SSSR count). The highest BCUT2D eigenvalue weighted by Crippen LogP contribution is 2.36. The summed E-state index contributed by atoms with van der Waals surface area (Å²) in [6, 6.07) is 8.45. The molecule has 1 amide bonds. The Balaban J connectivity index is 2.47. The number of hydrogen-bond donors (Lipinski definition) is 2. The maximum Gasteiger partial charge on any atom is 0.322 e. The molecule has 0 unspecified atom stereocenters. The van der Waals surface area contributed by atoms with E-state index in [1.165, 1.54) is 0 Å². The number of anilines is 1. The molecule has 0 saturated carbocycles. The molecular formula is C11H8N2O3. The summed E-state index contributed by atoms with van der Waals surface area (Å²) in [6.45, 7) is 0. The highest BCUT2D eigenvalue weighted by Gasteiger charge is 2.40. The van der Waals surface area contributed by atoms with Crippen LogP contribution in [0.25, 0.3) is 0 Å². The normalized spacial score (nSPS) is 19.4. The fourth-order valence-electron chi connectivity index (χ4n) is 1.84. The molecule has 2 N–H and O–H groups in total. The molecule has 5 nitrogen and oxygen atoms in total. The van der Waals surface area contributed by atoms with Gasteiger partial charge in [0.25, 0.3) is 0 Å². The molecule has 0 aliphatic carbocycles. The standard InChI is InChI=1S/C11H8N2O3/c12-5-7(11(15)16)9-6-3-1-2-4-8(6)13-10(9)14/h1-4,7,9H,(H,13,14)(H,15,16)/t7-,9-/m0/s1. The highest BCUT2D eigenvalue weighted by atomic mass is 16.4. The number of para-hydroxylation sites is 1. The number of rotatable bonds is 2. The van der Waals surface area contributed by atoms with Gasteiger partial charge >= 0.3 is 5.97 Å². The number of nitrogens with one attached hydrogen (secondary N) is 1. The molecule has 0 radical (unpaired) electrons. The van der Waals surface area contributed by atoms with Crippen LogP contribution in [0.15, 0.2) is 24.3 Å². The van der Waals surface area contributed by atoms with E-state index in [-0.39, 0.29) is 0 Å². The van der Waals surface area contributed by atoms with Crippen molar-refractivity contribution in [1.29, 1.82) is 5.26 Å². The summed E-state index contributed by atoms with van der Waals surface area (Å²) in [7, 11) is 0. The number of aliphatic carboxylic acids is 1. The molecule has 0 fully saturated rings. The second kappa shape index (κ2) is 3.66. The molecule has 1 heterocycles. The first kappa shape index (κ1) is 10.2. The van der Waals surface area contributed by atoms with Crippen LogP contribution in [0.3, 0.4) is 0 Å². The lowest BCUT2D eigenvalue weighted by Crippen LogP contribution is -2.26. The number of hydrogen-bond acceptors (Lipinski definition) is 3. The third-order valence-corrected chi connectivity index (χ3v) is 2.57. The number of carbonyl (C=O) groups is 2. The van der Waals surface area contributed by atoms with E-state index in [0.29, 0.717) is 11.3 Å². The van der Waals surface area contributed by atoms with Crippen molar-refractivity contribution in [3.63, 3.8) is 0 Å². The molecule has 1 aromatic carbocycles. The fourth-order valence-corrected chi connectivity index (χ4v) is 1.84. The van der Waals surface area contributed by atoms with Crippen LogP contribution >= 0.6 is 0 Å². The van der Waals surface area contributed by atoms with Gasteiger partial charge in [-0.15, -0.1) is 0 Å². The number of fused-ring (bicyclic) bond motifs is 1. The Morgan fingerprint density at radius 1 is 1.50 bits per heavy atom. The van der Waals surface area contributed by atoms with Gasteiger partial charge in [0.2, 0.25) is 5.91 Å². The van der Waals surface area contributed by atoms with Gasteiger partial charge in [-0.05, 0) is 11.6 Å². The lowest BCUT2D eigenvalue weighted by atomic mass is 9.88. The van der Waals surface area contributed by atoms with Gasteiger partial charge in [0, 0.05) is 5.69 Å². The van der Waals surface area contributed by atoms with E-state index in [1.807, 2.05) is 0 Å². The molecule has 0 saturated heterocycles. The van der Waals surface area contributed by atoms with Gasteiger partial charge in [-0.25, -0.2) is 0 Å². The Morgan fingerprint density at radius 3 is 2.81 bits per heavy atom. The number of benzene rings is 1. The number of carboxylic acid groups (broad SMARTS) is 1. The van der Waals surface area contributed by atoms with Crippen LogP contribution in [0.4, 0.5) is 5.69 Å². The van der Waals surface area contributed by atoms with Crippen molar-refractivity contribution in [2.45, 2.75) is 5.92 Å². The smallest absolute Gasteiger partial charge is 0.322 e. The summed E-state index contributed by atoms with van der Waals surface area (Å²) in [5.74, 6) is -3.98. The summed E-state index contributed by atoms with van der Waals surface area (Å²) >= 11 is 0. The molecule has 1 aliphatic heterocycles. The lowest BCUT2D eigenvalue weighted by Gasteiger charge is -2.10. The Kier molecular flexibility index (Phi) is 2.33. The molecular weight excluding hydrogens is 208 g/mol. The van der Waals surface area contributed by atoms with Crippen molar-refractivity contribution in [3.05, 3.63) is 29.8 Å². The zero-order chi connectivity index (χ0) is 11.7. The van der Waals surface area contributed by atoms with E-state index in [1.54, 1.807) is 30.3 Å². The first-order valence-corrected chi connectivity index (χ1v) is 4.67. The van der Waals surface area contributed by atoms with Crippen LogP contribution in [0.5, 0.6) is 0 Å². The molecule has 80 valence electrons. The summed E-state index contributed by atoms with van der Waals surface area (Å²) < 4.78 is 0. The van der Waals surface area contributed by atoms with E-state index in [2.05, 4.69) is 5.32 Å². The Hall–Kier alpha value is -2.35. The highest BCUT2D eigenvalue weighted by molar-refractivity contribution is 6.05. The van der Waals surface area contributed by atoms with Crippen LogP contribution in [-0.2, 0) is 9.59 Å². The number of carboxylic acids is 1. The van der Waals surface area contributed by atoms with Crippen molar-refractivity contribution >= 4 is 17.6 Å². The predicted molar refractivity (Wildman–Crippen MR) is 54.6 cm³/mol. The van der Waals surface area contributed by atoms with Crippen LogP contribution in [0, 0.1) is 17.2 Å². The molecule has 0 bridgehead atoms.